The van der Waals surface area contributed by atoms with Crippen LogP contribution in [-0.2, 0) is 16.1 Å². The fraction of sp³-hybridized carbons (Fsp3) is 0.235. The third-order valence-electron chi connectivity index (χ3n) is 3.66. The number of rotatable bonds is 3. The summed E-state index contributed by atoms with van der Waals surface area (Å²) in [6.45, 7) is 2.60. The van der Waals surface area contributed by atoms with Crippen LogP contribution in [0.15, 0.2) is 60.7 Å². The number of benzene rings is 2. The molecule has 1 saturated heterocycles. The Morgan fingerprint density at radius 3 is 2.25 bits per heavy atom. The molecule has 2 unspecified atom stereocenters. The molecule has 1 heterocycles. The van der Waals surface area contributed by atoms with Gasteiger partial charge in [-0.1, -0.05) is 60.7 Å². The molecule has 20 heavy (non-hydrogen) atoms. The zero-order valence-electron chi connectivity index (χ0n) is 11.4. The molecule has 0 spiro atoms. The minimum Gasteiger partial charge on any atom is -0.441 e. The van der Waals surface area contributed by atoms with Gasteiger partial charge in [-0.25, -0.2) is 4.90 Å². The molecule has 3 nitrogen and oxygen atoms in total. The van der Waals surface area contributed by atoms with E-state index in [0.717, 1.165) is 5.56 Å². The van der Waals surface area contributed by atoms with Gasteiger partial charge in [0.2, 0.25) is 0 Å². The minimum atomic E-state index is -0.293. The highest BCUT2D eigenvalue weighted by Crippen LogP contribution is 2.32. The van der Waals surface area contributed by atoms with E-state index in [0.29, 0.717) is 6.54 Å². The van der Waals surface area contributed by atoms with E-state index in [1.54, 1.807) is 0 Å². The van der Waals surface area contributed by atoms with E-state index in [-0.39, 0.29) is 18.2 Å². The number of carbonyl (C=O) groups is 1. The summed E-state index contributed by atoms with van der Waals surface area (Å²) in [5.41, 5.74) is 2.19. The SMILES string of the molecule is CC1C(=O)OC(c2ccccc2)N1Cc1ccccc1. The maximum Gasteiger partial charge on any atom is 0.325 e. The van der Waals surface area contributed by atoms with Crippen LogP contribution in [0.2, 0.25) is 0 Å². The van der Waals surface area contributed by atoms with E-state index in [1.807, 2.05) is 55.5 Å². The molecule has 0 amide bonds. The number of hydrogen-bond donors (Lipinski definition) is 0. The molecule has 2 aromatic carbocycles. The molecule has 2 aromatic rings. The lowest BCUT2D eigenvalue weighted by molar-refractivity contribution is -0.142. The van der Waals surface area contributed by atoms with Crippen LogP contribution in [0, 0.1) is 0 Å². The van der Waals surface area contributed by atoms with Gasteiger partial charge in [0.1, 0.15) is 6.04 Å². The van der Waals surface area contributed by atoms with E-state index in [1.165, 1.54) is 5.56 Å². The largest absolute Gasteiger partial charge is 0.441 e. The molecule has 0 aliphatic carbocycles. The van der Waals surface area contributed by atoms with Crippen molar-refractivity contribution >= 4 is 5.97 Å². The van der Waals surface area contributed by atoms with Crippen LogP contribution < -0.4 is 0 Å². The maximum atomic E-state index is 11.9. The van der Waals surface area contributed by atoms with Crippen molar-refractivity contribution in [2.75, 3.05) is 0 Å². The fourth-order valence-electron chi connectivity index (χ4n) is 2.51. The molecule has 2 atom stereocenters. The second-order valence-corrected chi connectivity index (χ2v) is 5.03. The van der Waals surface area contributed by atoms with Crippen LogP contribution in [0.25, 0.3) is 0 Å². The van der Waals surface area contributed by atoms with Crippen LogP contribution in [0.3, 0.4) is 0 Å². The first-order chi connectivity index (χ1) is 9.75. The Balaban J connectivity index is 1.87. The molecule has 3 rings (SSSR count). The molecule has 0 radical (unpaired) electrons. The zero-order valence-corrected chi connectivity index (χ0v) is 11.4. The third-order valence-corrected chi connectivity index (χ3v) is 3.66. The summed E-state index contributed by atoms with van der Waals surface area (Å²) >= 11 is 0. The maximum absolute atomic E-state index is 11.9. The summed E-state index contributed by atoms with van der Waals surface area (Å²) in [4.78, 5) is 14.0. The molecule has 0 bridgehead atoms. The summed E-state index contributed by atoms with van der Waals surface area (Å²) in [5, 5.41) is 0. The van der Waals surface area contributed by atoms with Crippen LogP contribution >= 0.6 is 0 Å². The first-order valence-corrected chi connectivity index (χ1v) is 6.81. The summed E-state index contributed by atoms with van der Waals surface area (Å²) in [6.07, 6.45) is -0.293. The van der Waals surface area contributed by atoms with E-state index in [9.17, 15) is 4.79 Å². The van der Waals surface area contributed by atoms with E-state index in [4.69, 9.17) is 4.74 Å². The first kappa shape index (κ1) is 12.9. The Kier molecular flexibility index (Phi) is 3.52. The second-order valence-electron chi connectivity index (χ2n) is 5.03. The van der Waals surface area contributed by atoms with E-state index in [2.05, 4.69) is 17.0 Å². The van der Waals surface area contributed by atoms with Crippen LogP contribution in [0.4, 0.5) is 0 Å². The normalized spacial score (nSPS) is 22.8. The lowest BCUT2D eigenvalue weighted by atomic mass is 10.1. The van der Waals surface area contributed by atoms with Crippen LogP contribution in [0.1, 0.15) is 24.3 Å². The number of cyclic esters (lactones) is 1. The van der Waals surface area contributed by atoms with Gasteiger partial charge in [0.25, 0.3) is 0 Å². The summed E-state index contributed by atoms with van der Waals surface area (Å²) in [6, 6.07) is 19.8. The van der Waals surface area contributed by atoms with Crippen molar-refractivity contribution in [2.24, 2.45) is 0 Å². The van der Waals surface area contributed by atoms with Gasteiger partial charge >= 0.3 is 5.97 Å². The van der Waals surface area contributed by atoms with Crippen LogP contribution in [0.5, 0.6) is 0 Å². The standard InChI is InChI=1S/C17H17NO2/c1-13-17(19)20-16(15-10-6-3-7-11-15)18(13)12-14-8-4-2-5-9-14/h2-11,13,16H,12H2,1H3. The number of carbonyl (C=O) groups excluding carboxylic acids is 1. The number of nitrogens with zero attached hydrogens (tertiary/aromatic N) is 1. The van der Waals surface area contributed by atoms with Crippen molar-refractivity contribution in [1.82, 2.24) is 4.90 Å². The van der Waals surface area contributed by atoms with Crippen molar-refractivity contribution in [3.05, 3.63) is 71.8 Å². The van der Waals surface area contributed by atoms with Gasteiger partial charge in [-0.2, -0.15) is 0 Å². The third kappa shape index (κ3) is 2.45. The van der Waals surface area contributed by atoms with Gasteiger partial charge in [-0.15, -0.1) is 0 Å². The minimum absolute atomic E-state index is 0.158. The molecule has 0 saturated carbocycles. The Morgan fingerprint density at radius 2 is 1.60 bits per heavy atom. The van der Waals surface area contributed by atoms with Gasteiger partial charge < -0.3 is 4.74 Å². The van der Waals surface area contributed by atoms with Gasteiger partial charge in [0, 0.05) is 12.1 Å². The first-order valence-electron chi connectivity index (χ1n) is 6.81. The fourth-order valence-corrected chi connectivity index (χ4v) is 2.51. The molecule has 0 aromatic heterocycles. The van der Waals surface area contributed by atoms with Crippen molar-refractivity contribution in [2.45, 2.75) is 25.7 Å². The summed E-state index contributed by atoms with van der Waals surface area (Å²) < 4.78 is 5.53. The molecule has 3 heteroatoms. The average molecular weight is 267 g/mol. The smallest absolute Gasteiger partial charge is 0.325 e. The Labute approximate surface area is 118 Å². The van der Waals surface area contributed by atoms with Crippen molar-refractivity contribution in [1.29, 1.82) is 0 Å². The predicted octanol–water partition coefficient (Wildman–Crippen LogP) is 3.13. The quantitative estimate of drug-likeness (QED) is 0.800. The van der Waals surface area contributed by atoms with Crippen molar-refractivity contribution in [3.63, 3.8) is 0 Å². The van der Waals surface area contributed by atoms with E-state index < -0.39 is 0 Å². The Bertz CT molecular complexity index is 582. The van der Waals surface area contributed by atoms with Crippen molar-refractivity contribution in [3.8, 4) is 0 Å². The van der Waals surface area contributed by atoms with Crippen molar-refractivity contribution < 1.29 is 9.53 Å². The molecule has 1 aliphatic rings. The topological polar surface area (TPSA) is 29.5 Å². The molecule has 1 fully saturated rings. The summed E-state index contributed by atoms with van der Waals surface area (Å²) in [5.74, 6) is -0.158. The number of esters is 1. The molecular formula is C17H17NO2. The molecule has 102 valence electrons. The Hall–Kier alpha value is -2.13. The molecule has 0 N–H and O–H groups in total. The lowest BCUT2D eigenvalue weighted by Gasteiger charge is -2.24. The highest BCUT2D eigenvalue weighted by atomic mass is 16.6. The zero-order chi connectivity index (χ0) is 13.9. The highest BCUT2D eigenvalue weighted by Gasteiger charge is 2.39. The van der Waals surface area contributed by atoms with Gasteiger partial charge in [0.05, 0.1) is 0 Å². The molecule has 1 aliphatic heterocycles. The highest BCUT2D eigenvalue weighted by molar-refractivity contribution is 5.77. The summed E-state index contributed by atoms with van der Waals surface area (Å²) in [7, 11) is 0. The second kappa shape index (κ2) is 5.47. The Morgan fingerprint density at radius 1 is 1.00 bits per heavy atom. The van der Waals surface area contributed by atoms with Gasteiger partial charge in [-0.3, -0.25) is 4.79 Å². The van der Waals surface area contributed by atoms with E-state index >= 15 is 0 Å². The number of ether oxygens (including phenoxy) is 1. The van der Waals surface area contributed by atoms with Crippen LogP contribution in [-0.4, -0.2) is 16.9 Å². The predicted molar refractivity (Wildman–Crippen MR) is 76.7 cm³/mol. The average Bonchev–Trinajstić information content (AvgIpc) is 2.78. The van der Waals surface area contributed by atoms with Gasteiger partial charge in [-0.05, 0) is 12.5 Å². The van der Waals surface area contributed by atoms with Gasteiger partial charge in [0.15, 0.2) is 6.23 Å². The monoisotopic (exact) mass is 267 g/mol. The number of hydrogen-bond acceptors (Lipinski definition) is 3. The molecular weight excluding hydrogens is 250 g/mol. The lowest BCUT2D eigenvalue weighted by Crippen LogP contribution is -2.31.